The molecule has 1 aromatic rings. The van der Waals surface area contributed by atoms with E-state index in [1.165, 1.54) is 9.80 Å². The van der Waals surface area contributed by atoms with Gasteiger partial charge in [-0.15, -0.1) is 0 Å². The lowest BCUT2D eigenvalue weighted by molar-refractivity contribution is -0.141. The summed E-state index contributed by atoms with van der Waals surface area (Å²) in [4.78, 5) is 58.8. The van der Waals surface area contributed by atoms with E-state index in [1.54, 1.807) is 7.05 Å². The second-order valence-electron chi connectivity index (χ2n) is 15.5. The van der Waals surface area contributed by atoms with Gasteiger partial charge in [-0.1, -0.05) is 88.3 Å². The Hall–Kier alpha value is -3.52. The highest BCUT2D eigenvalue weighted by atomic mass is 32.2. The van der Waals surface area contributed by atoms with E-state index in [-0.39, 0.29) is 30.7 Å². The first kappa shape index (κ1) is 37.7. The van der Waals surface area contributed by atoms with Crippen molar-refractivity contribution in [3.63, 3.8) is 0 Å². The minimum atomic E-state index is -3.86. The number of rotatable bonds is 8. The summed E-state index contributed by atoms with van der Waals surface area (Å²) < 4.78 is 33.6. The van der Waals surface area contributed by atoms with Crippen molar-refractivity contribution in [2.45, 2.75) is 121 Å². The zero-order chi connectivity index (χ0) is 36.3. The molecule has 274 valence electrons. The van der Waals surface area contributed by atoms with Crippen LogP contribution in [0, 0.1) is 11.3 Å². The van der Waals surface area contributed by atoms with Crippen molar-refractivity contribution in [3.05, 3.63) is 48.0 Å². The fourth-order valence-electron chi connectivity index (χ4n) is 6.73. The van der Waals surface area contributed by atoms with Crippen LogP contribution in [0.2, 0.25) is 0 Å². The van der Waals surface area contributed by atoms with Gasteiger partial charge in [0.2, 0.25) is 21.8 Å². The zero-order valence-corrected chi connectivity index (χ0v) is 31.1. The number of fused-ring (bicyclic) bond motifs is 2. The van der Waals surface area contributed by atoms with E-state index >= 15 is 0 Å². The Morgan fingerprint density at radius 3 is 2.50 bits per heavy atom. The minimum absolute atomic E-state index is 0.0141. The van der Waals surface area contributed by atoms with Gasteiger partial charge in [-0.3, -0.25) is 19.1 Å². The van der Waals surface area contributed by atoms with Crippen molar-refractivity contribution in [3.8, 4) is 0 Å². The molecule has 0 aromatic heterocycles. The number of hydrogen-bond acceptors (Lipinski definition) is 8. The summed E-state index contributed by atoms with van der Waals surface area (Å²) in [6.07, 6.45) is 7.95. The predicted octanol–water partition coefficient (Wildman–Crippen LogP) is 3.95. The van der Waals surface area contributed by atoms with Crippen LogP contribution in [0.4, 0.5) is 4.79 Å². The Balaban J connectivity index is 1.40. The Morgan fingerprint density at radius 2 is 1.82 bits per heavy atom. The molecule has 0 radical (unpaired) electrons. The van der Waals surface area contributed by atoms with Crippen LogP contribution in [-0.4, -0.2) is 89.6 Å². The molecule has 0 unspecified atom stereocenters. The van der Waals surface area contributed by atoms with Crippen LogP contribution in [0.1, 0.15) is 90.5 Å². The van der Waals surface area contributed by atoms with Crippen LogP contribution < -0.4 is 15.4 Å². The highest BCUT2D eigenvalue weighted by Crippen LogP contribution is 2.46. The molecule has 2 aliphatic heterocycles. The smallest absolute Gasteiger partial charge is 0.410 e. The Bertz CT molecular complexity index is 1590. The summed E-state index contributed by atoms with van der Waals surface area (Å²) in [7, 11) is -2.24. The van der Waals surface area contributed by atoms with E-state index in [1.807, 2.05) is 42.5 Å². The van der Waals surface area contributed by atoms with Crippen LogP contribution in [-0.2, 0) is 35.7 Å². The normalized spacial score (nSPS) is 27.5. The van der Waals surface area contributed by atoms with Crippen LogP contribution in [0.3, 0.4) is 0 Å². The number of hydrogen-bond donors (Lipinski definition) is 3. The maximum atomic E-state index is 14.4. The zero-order valence-electron chi connectivity index (χ0n) is 29.5. The molecule has 0 bridgehead atoms. The molecule has 1 saturated heterocycles. The molecular formula is C36H51N5O7S2. The standard InChI is InChI=1S/C36H51N5O7S2/c1-35(2,3)21-30(49)37-28-16-12-7-5-6-11-15-25-20-36(25,33(44)39-50(46,47)27-17-18-27)38-31(42)29-19-26(23-41(29)32(28)43)48-34(45)40(4)22-24-13-9-8-10-14-24/h8-11,13-15,25-29H,5-7,12,16-23H2,1-4H3,(H,37,49)(H,38,42)(H,39,44)/t25-,26-,28+,29+,36-/m1/s1. The SMILES string of the molecule is CN(Cc1ccccc1)C(=O)O[C@@H]1C[C@H]2C(=O)N[C@]3(C(=O)NS(=O)(=O)C4CC4)C[C@H]3C=CCCCCC[C@H](NC(=S)CC(C)(C)C)C(=O)N2C1. The third kappa shape index (κ3) is 9.62. The number of sulfonamides is 1. The third-order valence-corrected chi connectivity index (χ3v) is 11.8. The summed E-state index contributed by atoms with van der Waals surface area (Å²) in [6.45, 7) is 6.48. The van der Waals surface area contributed by atoms with Crippen molar-refractivity contribution in [1.82, 2.24) is 25.2 Å². The first-order valence-corrected chi connectivity index (χ1v) is 19.6. The van der Waals surface area contributed by atoms with E-state index < -0.39 is 62.8 Å². The molecule has 2 heterocycles. The van der Waals surface area contributed by atoms with E-state index in [0.29, 0.717) is 37.2 Å². The molecule has 2 saturated carbocycles. The number of carbonyl (C=O) groups excluding carboxylic acids is 4. The number of carbonyl (C=O) groups is 4. The van der Waals surface area contributed by atoms with E-state index in [2.05, 4.69) is 36.1 Å². The molecule has 3 N–H and O–H groups in total. The molecule has 14 heteroatoms. The Labute approximate surface area is 301 Å². The quantitative estimate of drug-likeness (QED) is 0.267. The fourth-order valence-corrected chi connectivity index (χ4v) is 8.67. The lowest BCUT2D eigenvalue weighted by atomic mass is 9.92. The number of amides is 4. The van der Waals surface area contributed by atoms with Gasteiger partial charge in [0.1, 0.15) is 23.7 Å². The molecule has 4 amide bonds. The van der Waals surface area contributed by atoms with Crippen molar-refractivity contribution in [2.24, 2.45) is 11.3 Å². The molecule has 2 aliphatic carbocycles. The third-order valence-electron chi connectivity index (χ3n) is 9.71. The van der Waals surface area contributed by atoms with Gasteiger partial charge >= 0.3 is 6.09 Å². The summed E-state index contributed by atoms with van der Waals surface area (Å²) in [6, 6.07) is 7.68. The summed E-state index contributed by atoms with van der Waals surface area (Å²) >= 11 is 5.68. The summed E-state index contributed by atoms with van der Waals surface area (Å²) in [5.74, 6) is -2.12. The van der Waals surface area contributed by atoms with Gasteiger partial charge in [-0.2, -0.15) is 0 Å². The van der Waals surface area contributed by atoms with E-state index in [4.69, 9.17) is 17.0 Å². The first-order chi connectivity index (χ1) is 23.6. The summed E-state index contributed by atoms with van der Waals surface area (Å²) in [5, 5.41) is 5.54. The molecule has 5 atom stereocenters. The number of allylic oxidation sites excluding steroid dienone is 1. The minimum Gasteiger partial charge on any atom is -0.444 e. The molecule has 1 aromatic carbocycles. The van der Waals surface area contributed by atoms with Gasteiger partial charge in [0, 0.05) is 32.4 Å². The second kappa shape index (κ2) is 15.4. The van der Waals surface area contributed by atoms with Crippen molar-refractivity contribution >= 4 is 51.0 Å². The van der Waals surface area contributed by atoms with Gasteiger partial charge in [0.15, 0.2) is 0 Å². The maximum absolute atomic E-state index is 14.4. The molecule has 3 fully saturated rings. The predicted molar refractivity (Wildman–Crippen MR) is 193 cm³/mol. The van der Waals surface area contributed by atoms with Crippen LogP contribution in [0.25, 0.3) is 0 Å². The van der Waals surface area contributed by atoms with Gasteiger partial charge in [0.25, 0.3) is 5.91 Å². The first-order valence-electron chi connectivity index (χ1n) is 17.7. The molecule has 4 aliphatic rings. The monoisotopic (exact) mass is 729 g/mol. The lowest BCUT2D eigenvalue weighted by Crippen LogP contribution is -2.58. The Kier molecular flexibility index (Phi) is 11.6. The van der Waals surface area contributed by atoms with Crippen LogP contribution in [0.5, 0.6) is 0 Å². The van der Waals surface area contributed by atoms with Crippen molar-refractivity contribution in [1.29, 1.82) is 0 Å². The molecule has 5 rings (SSSR count). The van der Waals surface area contributed by atoms with Gasteiger partial charge in [0.05, 0.1) is 16.8 Å². The topological polar surface area (TPSA) is 154 Å². The van der Waals surface area contributed by atoms with Gasteiger partial charge in [-0.25, -0.2) is 13.2 Å². The highest BCUT2D eigenvalue weighted by molar-refractivity contribution is 7.91. The average molecular weight is 730 g/mol. The second-order valence-corrected chi connectivity index (χ2v) is 17.9. The van der Waals surface area contributed by atoms with Crippen molar-refractivity contribution in [2.75, 3.05) is 13.6 Å². The largest absolute Gasteiger partial charge is 0.444 e. The number of ether oxygens (including phenoxy) is 1. The van der Waals surface area contributed by atoms with E-state index in [9.17, 15) is 27.6 Å². The molecular weight excluding hydrogens is 679 g/mol. The molecule has 0 spiro atoms. The average Bonchev–Trinajstić information content (AvgIpc) is 3.96. The Morgan fingerprint density at radius 1 is 1.10 bits per heavy atom. The molecule has 12 nitrogen and oxygen atoms in total. The number of nitrogens with zero attached hydrogens (tertiary/aromatic N) is 2. The number of benzene rings is 1. The lowest BCUT2D eigenvalue weighted by Gasteiger charge is -2.31. The van der Waals surface area contributed by atoms with Crippen molar-refractivity contribution < 1.29 is 32.3 Å². The van der Waals surface area contributed by atoms with Gasteiger partial charge in [-0.05, 0) is 49.5 Å². The maximum Gasteiger partial charge on any atom is 0.410 e. The van der Waals surface area contributed by atoms with Gasteiger partial charge < -0.3 is 25.2 Å². The van der Waals surface area contributed by atoms with Crippen LogP contribution in [0.15, 0.2) is 42.5 Å². The van der Waals surface area contributed by atoms with Crippen LogP contribution >= 0.6 is 12.2 Å². The molecule has 50 heavy (non-hydrogen) atoms. The summed E-state index contributed by atoms with van der Waals surface area (Å²) in [5.41, 5.74) is -0.662. The highest BCUT2D eigenvalue weighted by Gasteiger charge is 2.62. The number of nitrogens with one attached hydrogen (secondary N) is 3. The fraction of sp³-hybridized carbons (Fsp3) is 0.639. The number of thiocarbonyl (C=S) groups is 1. The van der Waals surface area contributed by atoms with E-state index in [0.717, 1.165) is 31.2 Å².